The smallest absolute Gasteiger partial charge is 0.387 e. The van der Waals surface area contributed by atoms with Crippen molar-refractivity contribution >= 4 is 29.9 Å². The highest BCUT2D eigenvalue weighted by Gasteiger charge is 2.25. The molecule has 1 aliphatic heterocycles. The van der Waals surface area contributed by atoms with Crippen molar-refractivity contribution in [3.63, 3.8) is 0 Å². The second kappa shape index (κ2) is 11.4. The van der Waals surface area contributed by atoms with E-state index in [2.05, 4.69) is 20.1 Å². The third-order valence-corrected chi connectivity index (χ3v) is 4.48. The molecule has 1 unspecified atom stereocenters. The molecule has 1 aromatic heterocycles. The lowest BCUT2D eigenvalue weighted by molar-refractivity contribution is -0.0506. The van der Waals surface area contributed by atoms with E-state index in [9.17, 15) is 13.2 Å². The molecule has 30 heavy (non-hydrogen) atoms. The maximum atomic E-state index is 14.2. The first kappa shape index (κ1) is 24.3. The fourth-order valence-electron chi connectivity index (χ4n) is 3.13. The van der Waals surface area contributed by atoms with Crippen LogP contribution in [0, 0.1) is 5.82 Å². The SMILES string of the molecule is CCNC(=NCc1c(F)cccc1OC(F)F)N1CCOC(c2cnn(C)c2)C1.I. The average molecular weight is 539 g/mol. The maximum absolute atomic E-state index is 14.2. The molecule has 1 N–H and O–H groups in total. The Balaban J connectivity index is 0.00000320. The van der Waals surface area contributed by atoms with Crippen LogP contribution in [-0.4, -0.2) is 53.5 Å². The van der Waals surface area contributed by atoms with Crippen molar-refractivity contribution in [1.29, 1.82) is 0 Å². The Morgan fingerprint density at radius 1 is 1.43 bits per heavy atom. The summed E-state index contributed by atoms with van der Waals surface area (Å²) in [5.41, 5.74) is 0.940. The van der Waals surface area contributed by atoms with Crippen LogP contribution in [0.4, 0.5) is 13.2 Å². The number of hydrogen-bond acceptors (Lipinski definition) is 4. The zero-order chi connectivity index (χ0) is 20.8. The summed E-state index contributed by atoms with van der Waals surface area (Å²) in [7, 11) is 1.84. The summed E-state index contributed by atoms with van der Waals surface area (Å²) >= 11 is 0. The molecule has 3 rings (SSSR count). The molecule has 0 bridgehead atoms. The van der Waals surface area contributed by atoms with Crippen LogP contribution in [0.15, 0.2) is 35.6 Å². The lowest BCUT2D eigenvalue weighted by atomic mass is 10.1. The van der Waals surface area contributed by atoms with Crippen LogP contribution < -0.4 is 10.1 Å². The third kappa shape index (κ3) is 6.24. The first-order valence-electron chi connectivity index (χ1n) is 9.33. The standard InChI is InChI=1S/C19H24F3N5O2.HI/c1-3-23-19(24-10-14-15(20)5-4-6-16(14)29-18(21)22)27-7-8-28-17(12-27)13-9-25-26(2)11-13;/h4-6,9,11,17-18H,3,7-8,10,12H2,1-2H3,(H,23,24);1H. The molecule has 0 spiro atoms. The van der Waals surface area contributed by atoms with Gasteiger partial charge in [0.2, 0.25) is 0 Å². The van der Waals surface area contributed by atoms with Gasteiger partial charge in [-0.1, -0.05) is 6.07 Å². The van der Waals surface area contributed by atoms with Gasteiger partial charge in [-0.3, -0.25) is 4.68 Å². The van der Waals surface area contributed by atoms with Gasteiger partial charge in [0, 0.05) is 31.9 Å². The van der Waals surface area contributed by atoms with Gasteiger partial charge in [-0.05, 0) is 19.1 Å². The molecule has 11 heteroatoms. The number of alkyl halides is 2. The molecule has 0 aliphatic carbocycles. The number of aliphatic imine (C=N–C) groups is 1. The van der Waals surface area contributed by atoms with Crippen LogP contribution in [0.3, 0.4) is 0 Å². The first-order chi connectivity index (χ1) is 14.0. The van der Waals surface area contributed by atoms with E-state index in [4.69, 9.17) is 4.74 Å². The summed E-state index contributed by atoms with van der Waals surface area (Å²) in [4.78, 5) is 6.46. The predicted octanol–water partition coefficient (Wildman–Crippen LogP) is 3.32. The minimum atomic E-state index is -3.03. The molecule has 1 saturated heterocycles. The normalized spacial score (nSPS) is 17.1. The van der Waals surface area contributed by atoms with Gasteiger partial charge in [-0.2, -0.15) is 13.9 Å². The summed E-state index contributed by atoms with van der Waals surface area (Å²) in [6, 6.07) is 3.83. The number of nitrogens with zero attached hydrogens (tertiary/aromatic N) is 4. The van der Waals surface area contributed by atoms with E-state index in [1.807, 2.05) is 25.1 Å². The van der Waals surface area contributed by atoms with Crippen LogP contribution >= 0.6 is 24.0 Å². The van der Waals surface area contributed by atoms with E-state index in [0.29, 0.717) is 32.2 Å². The predicted molar refractivity (Wildman–Crippen MR) is 117 cm³/mol. The topological polar surface area (TPSA) is 63.9 Å². The molecular formula is C19H25F3IN5O2. The van der Waals surface area contributed by atoms with Crippen LogP contribution in [0.1, 0.15) is 24.2 Å². The molecule has 0 saturated carbocycles. The maximum Gasteiger partial charge on any atom is 0.387 e. The minimum Gasteiger partial charge on any atom is -0.434 e. The van der Waals surface area contributed by atoms with E-state index >= 15 is 0 Å². The molecule has 2 aromatic rings. The summed E-state index contributed by atoms with van der Waals surface area (Å²) in [5, 5.41) is 7.34. The monoisotopic (exact) mass is 539 g/mol. The van der Waals surface area contributed by atoms with Gasteiger partial charge in [-0.25, -0.2) is 9.38 Å². The van der Waals surface area contributed by atoms with E-state index < -0.39 is 12.4 Å². The minimum absolute atomic E-state index is 0. The molecular weight excluding hydrogens is 514 g/mol. The highest BCUT2D eigenvalue weighted by molar-refractivity contribution is 14.0. The van der Waals surface area contributed by atoms with Gasteiger partial charge in [0.1, 0.15) is 17.7 Å². The molecule has 0 radical (unpaired) electrons. The Morgan fingerprint density at radius 3 is 2.90 bits per heavy atom. The van der Waals surface area contributed by atoms with Crippen LogP contribution in [0.25, 0.3) is 0 Å². The fourth-order valence-corrected chi connectivity index (χ4v) is 3.13. The number of guanidine groups is 1. The van der Waals surface area contributed by atoms with E-state index in [1.165, 1.54) is 18.2 Å². The van der Waals surface area contributed by atoms with Crippen molar-refractivity contribution in [2.24, 2.45) is 12.0 Å². The summed E-state index contributed by atoms with van der Waals surface area (Å²) < 4.78 is 51.4. The number of ether oxygens (including phenoxy) is 2. The molecule has 2 heterocycles. The van der Waals surface area contributed by atoms with Crippen molar-refractivity contribution in [3.8, 4) is 5.75 Å². The highest BCUT2D eigenvalue weighted by Crippen LogP contribution is 2.25. The molecule has 1 atom stereocenters. The van der Waals surface area contributed by atoms with Gasteiger partial charge in [0.15, 0.2) is 5.96 Å². The molecule has 0 amide bonds. The molecule has 1 aromatic carbocycles. The van der Waals surface area contributed by atoms with Crippen LogP contribution in [0.5, 0.6) is 5.75 Å². The highest BCUT2D eigenvalue weighted by atomic mass is 127. The lowest BCUT2D eigenvalue weighted by Crippen LogP contribution is -2.48. The summed E-state index contributed by atoms with van der Waals surface area (Å²) in [6.45, 7) is 0.978. The second-order valence-electron chi connectivity index (χ2n) is 6.52. The third-order valence-electron chi connectivity index (χ3n) is 4.48. The Hall–Kier alpha value is -2.02. The lowest BCUT2D eigenvalue weighted by Gasteiger charge is -2.34. The van der Waals surface area contributed by atoms with Gasteiger partial charge in [-0.15, -0.1) is 24.0 Å². The number of hydrogen-bond donors (Lipinski definition) is 1. The Morgan fingerprint density at radius 2 is 2.23 bits per heavy atom. The quantitative estimate of drug-likeness (QED) is 0.347. The first-order valence-corrected chi connectivity index (χ1v) is 9.33. The molecule has 1 aliphatic rings. The van der Waals surface area contributed by atoms with Gasteiger partial charge in [0.05, 0.1) is 31.5 Å². The Kier molecular flexibility index (Phi) is 9.21. The van der Waals surface area contributed by atoms with Gasteiger partial charge in [0.25, 0.3) is 0 Å². The summed E-state index contributed by atoms with van der Waals surface area (Å²) in [5.74, 6) is -0.302. The van der Waals surface area contributed by atoms with E-state index in [1.54, 1.807) is 10.9 Å². The summed E-state index contributed by atoms with van der Waals surface area (Å²) in [6.07, 6.45) is 3.48. The number of benzene rings is 1. The van der Waals surface area contributed by atoms with Gasteiger partial charge >= 0.3 is 6.61 Å². The molecule has 7 nitrogen and oxygen atoms in total. The van der Waals surface area contributed by atoms with Crippen LogP contribution in [-0.2, 0) is 18.3 Å². The second-order valence-corrected chi connectivity index (χ2v) is 6.52. The van der Waals surface area contributed by atoms with Crippen molar-refractivity contribution in [1.82, 2.24) is 20.0 Å². The van der Waals surface area contributed by atoms with Gasteiger partial charge < -0.3 is 19.7 Å². The fraction of sp³-hybridized carbons (Fsp3) is 0.474. The number of aryl methyl sites for hydroxylation is 1. The van der Waals surface area contributed by atoms with Crippen molar-refractivity contribution in [3.05, 3.63) is 47.5 Å². The number of rotatable bonds is 6. The van der Waals surface area contributed by atoms with Crippen molar-refractivity contribution < 1.29 is 22.6 Å². The van der Waals surface area contributed by atoms with E-state index in [-0.39, 0.29) is 47.9 Å². The Labute approximate surface area is 190 Å². The van der Waals surface area contributed by atoms with Crippen molar-refractivity contribution in [2.45, 2.75) is 26.2 Å². The van der Waals surface area contributed by atoms with Crippen molar-refractivity contribution in [2.75, 3.05) is 26.2 Å². The molecule has 166 valence electrons. The number of aromatic nitrogens is 2. The zero-order valence-electron chi connectivity index (χ0n) is 16.7. The van der Waals surface area contributed by atoms with Crippen LogP contribution in [0.2, 0.25) is 0 Å². The largest absolute Gasteiger partial charge is 0.434 e. The average Bonchev–Trinajstić information content (AvgIpc) is 3.13. The zero-order valence-corrected chi connectivity index (χ0v) is 19.1. The number of morpholine rings is 1. The molecule has 1 fully saturated rings. The Bertz CT molecular complexity index is 849. The number of nitrogens with one attached hydrogen (secondary N) is 1. The van der Waals surface area contributed by atoms with E-state index in [0.717, 1.165) is 5.56 Å². The number of halogens is 4.